The van der Waals surface area contributed by atoms with Gasteiger partial charge < -0.3 is 13.1 Å². The summed E-state index contributed by atoms with van der Waals surface area (Å²) in [5, 5.41) is 17.0. The zero-order valence-electron chi connectivity index (χ0n) is 8.73. The van der Waals surface area contributed by atoms with E-state index in [0.29, 0.717) is 0 Å². The van der Waals surface area contributed by atoms with Crippen LogP contribution in [0.2, 0.25) is 0 Å². The summed E-state index contributed by atoms with van der Waals surface area (Å²) in [6.07, 6.45) is 0. The summed E-state index contributed by atoms with van der Waals surface area (Å²) in [4.78, 5) is 20.8. The zero-order valence-corrected chi connectivity index (χ0v) is 8.14. The van der Waals surface area contributed by atoms with Crippen LogP contribution in [0.5, 0.6) is 0 Å². The van der Waals surface area contributed by atoms with E-state index in [9.17, 15) is 9.59 Å². The maximum absolute atomic E-state index is 10.4. The van der Waals surface area contributed by atoms with E-state index < -0.39 is 11.9 Å². The van der Waals surface area contributed by atoms with E-state index in [1.807, 2.05) is 0 Å². The van der Waals surface area contributed by atoms with Gasteiger partial charge in [-0.2, -0.15) is 0 Å². The second-order valence-electron chi connectivity index (χ2n) is 2.19. The summed E-state index contributed by atoms with van der Waals surface area (Å²) in [7, 11) is 0. The minimum absolute atomic E-state index is 0. The first-order chi connectivity index (χ1) is 5.61. The monoisotopic (exact) mass is 192 g/mol. The molecule has 13 heavy (non-hydrogen) atoms. The van der Waals surface area contributed by atoms with Crippen molar-refractivity contribution in [3.63, 3.8) is 0 Å². The summed E-state index contributed by atoms with van der Waals surface area (Å²) in [5.41, 5.74) is -0.0372. The molecule has 0 fully saturated rings. The summed E-state index contributed by atoms with van der Waals surface area (Å²) < 4.78 is 0. The van der Waals surface area contributed by atoms with Crippen molar-refractivity contribution in [3.05, 3.63) is 35.4 Å². The molecule has 0 aliphatic heterocycles. The Morgan fingerprint density at radius 3 is 1.77 bits per heavy atom. The van der Waals surface area contributed by atoms with E-state index >= 15 is 0 Å². The van der Waals surface area contributed by atoms with Crippen molar-refractivity contribution in [3.8, 4) is 0 Å². The van der Waals surface area contributed by atoms with E-state index in [1.54, 1.807) is 0 Å². The molecule has 1 rings (SSSR count). The normalized spacial score (nSPS) is 8.62. The van der Waals surface area contributed by atoms with E-state index in [0.717, 1.165) is 6.07 Å². The molecule has 0 unspecified atom stereocenters. The molecule has 0 amide bonds. The predicted octanol–water partition coefficient (Wildman–Crippen LogP) is 0.927. The van der Waals surface area contributed by atoms with Crippen LogP contribution in [0.4, 0.5) is 0 Å². The fraction of sp³-hybridized carbons (Fsp3) is 0. The molecule has 0 radical (unpaired) electrons. The molecule has 0 atom stereocenters. The van der Waals surface area contributed by atoms with Crippen LogP contribution >= 0.6 is 0 Å². The Hall–Kier alpha value is -1.07. The summed E-state index contributed by atoms with van der Waals surface area (Å²) in [6.45, 7) is 0. The van der Waals surface area contributed by atoms with Gasteiger partial charge in [0, 0.05) is 0 Å². The Bertz CT molecular complexity index is 314. The Kier molecular flexibility index (Phi) is 4.43. The molecule has 0 saturated heterocycles. The van der Waals surface area contributed by atoms with Gasteiger partial charge >= 0.3 is 35.0 Å². The van der Waals surface area contributed by atoms with Crippen LogP contribution in [-0.4, -0.2) is 45.2 Å². The quantitative estimate of drug-likeness (QED) is 0.684. The van der Waals surface area contributed by atoms with Gasteiger partial charge in [0.25, 0.3) is 0 Å². The van der Waals surface area contributed by atoms with Gasteiger partial charge in [0.05, 0.1) is 11.1 Å². The molecular formula is C8H8MgO4. The third-order valence-corrected chi connectivity index (χ3v) is 1.36. The standard InChI is InChI=1S/C8H6O4.Mg.2H/c9-7(10)5-2-1-3-6(4-5)8(11)12;;;/h1-4H,(H,9,10)(H,11,12);;;/q;+2;2*-1. The first-order valence-electron chi connectivity index (χ1n) is 3.18. The molecule has 0 heterocycles. The number of aromatic carboxylic acids is 2. The molecule has 5 heteroatoms. The summed E-state index contributed by atoms with van der Waals surface area (Å²) in [6, 6.07) is 5.20. The van der Waals surface area contributed by atoms with Gasteiger partial charge in [-0.1, -0.05) is 6.07 Å². The Labute approximate surface area is 93.3 Å². The van der Waals surface area contributed by atoms with Crippen LogP contribution in [0.3, 0.4) is 0 Å². The van der Waals surface area contributed by atoms with E-state index in [-0.39, 0.29) is 37.0 Å². The minimum Gasteiger partial charge on any atom is -1.00 e. The topological polar surface area (TPSA) is 74.6 Å². The molecule has 0 aliphatic carbocycles. The zero-order chi connectivity index (χ0) is 9.14. The maximum Gasteiger partial charge on any atom is 2.00 e. The fourth-order valence-corrected chi connectivity index (χ4v) is 0.785. The smallest absolute Gasteiger partial charge is 1.00 e. The molecule has 0 saturated carbocycles. The number of carboxylic acid groups (broad SMARTS) is 2. The van der Waals surface area contributed by atoms with Gasteiger partial charge in [-0.25, -0.2) is 9.59 Å². The Balaban J connectivity index is -0.000000480. The second kappa shape index (κ2) is 4.83. The van der Waals surface area contributed by atoms with Crippen molar-refractivity contribution in [2.75, 3.05) is 0 Å². The van der Waals surface area contributed by atoms with Gasteiger partial charge in [0.15, 0.2) is 0 Å². The molecular weight excluding hydrogens is 184 g/mol. The Morgan fingerprint density at radius 2 is 1.46 bits per heavy atom. The molecule has 4 nitrogen and oxygen atoms in total. The molecule has 0 aliphatic rings. The van der Waals surface area contributed by atoms with Crippen LogP contribution in [0.1, 0.15) is 23.6 Å². The fourth-order valence-electron chi connectivity index (χ4n) is 0.785. The van der Waals surface area contributed by atoms with Gasteiger partial charge in [0.1, 0.15) is 0 Å². The first-order valence-corrected chi connectivity index (χ1v) is 3.18. The van der Waals surface area contributed by atoms with Gasteiger partial charge in [0.2, 0.25) is 0 Å². The Morgan fingerprint density at radius 1 is 1.08 bits per heavy atom. The van der Waals surface area contributed by atoms with Crippen molar-refractivity contribution in [1.82, 2.24) is 0 Å². The van der Waals surface area contributed by atoms with Crippen molar-refractivity contribution < 1.29 is 22.7 Å². The summed E-state index contributed by atoms with van der Waals surface area (Å²) >= 11 is 0. The largest absolute Gasteiger partial charge is 2.00 e. The third-order valence-electron chi connectivity index (χ3n) is 1.36. The number of hydrogen-bond acceptors (Lipinski definition) is 2. The molecule has 0 bridgehead atoms. The van der Waals surface area contributed by atoms with Gasteiger partial charge in [-0.05, 0) is 18.2 Å². The SMILES string of the molecule is O=C(O)c1cccc(C(=O)O)c1.[H-].[H-].[Mg+2]. The van der Waals surface area contributed by atoms with Crippen molar-refractivity contribution in [2.45, 2.75) is 0 Å². The number of benzene rings is 1. The van der Waals surface area contributed by atoms with Gasteiger partial charge in [-0.3, -0.25) is 0 Å². The van der Waals surface area contributed by atoms with Crippen molar-refractivity contribution >= 4 is 35.0 Å². The molecule has 0 aromatic heterocycles. The van der Waals surface area contributed by atoms with Crippen LogP contribution in [0.25, 0.3) is 0 Å². The van der Waals surface area contributed by atoms with E-state index in [4.69, 9.17) is 10.2 Å². The van der Waals surface area contributed by atoms with E-state index in [2.05, 4.69) is 0 Å². The van der Waals surface area contributed by atoms with Crippen LogP contribution in [-0.2, 0) is 0 Å². The second-order valence-corrected chi connectivity index (χ2v) is 2.19. The minimum atomic E-state index is -1.13. The number of hydrogen-bond donors (Lipinski definition) is 2. The first kappa shape index (κ1) is 11.9. The van der Waals surface area contributed by atoms with E-state index in [1.165, 1.54) is 18.2 Å². The molecule has 0 spiro atoms. The van der Waals surface area contributed by atoms with Crippen molar-refractivity contribution in [1.29, 1.82) is 0 Å². The van der Waals surface area contributed by atoms with Gasteiger partial charge in [-0.15, -0.1) is 0 Å². The number of carbonyl (C=O) groups is 2. The number of carboxylic acids is 2. The third kappa shape index (κ3) is 3.04. The average molecular weight is 192 g/mol. The maximum atomic E-state index is 10.4. The summed E-state index contributed by atoms with van der Waals surface area (Å²) in [5.74, 6) is -2.25. The number of rotatable bonds is 2. The molecule has 2 N–H and O–H groups in total. The molecule has 66 valence electrons. The van der Waals surface area contributed by atoms with Crippen molar-refractivity contribution in [2.24, 2.45) is 0 Å². The van der Waals surface area contributed by atoms with Crippen LogP contribution < -0.4 is 0 Å². The average Bonchev–Trinajstić information content (AvgIpc) is 2.04. The molecule has 1 aromatic carbocycles. The predicted molar refractivity (Wildman–Crippen MR) is 48.3 cm³/mol. The van der Waals surface area contributed by atoms with Crippen LogP contribution in [0.15, 0.2) is 24.3 Å². The molecule has 1 aromatic rings. The van der Waals surface area contributed by atoms with Crippen LogP contribution in [0, 0.1) is 0 Å².